The van der Waals surface area contributed by atoms with E-state index in [0.717, 1.165) is 5.69 Å². The van der Waals surface area contributed by atoms with E-state index in [-0.39, 0.29) is 18.2 Å². The molecule has 2 amide bonds. The molecular weight excluding hydrogens is 216 g/mol. The minimum Gasteiger partial charge on any atom is -0.301 e. The molecule has 15 heavy (non-hydrogen) atoms. The quantitative estimate of drug-likeness (QED) is 0.651. The maximum atomic E-state index is 11.6. The topological polar surface area (TPSA) is 83.1 Å². The molecule has 0 aromatic carbocycles. The summed E-state index contributed by atoms with van der Waals surface area (Å²) in [5.74, 6) is -0.423. The van der Waals surface area contributed by atoms with Crippen LogP contribution in [-0.2, 0) is 9.59 Å². The Labute approximate surface area is 90.1 Å². The van der Waals surface area contributed by atoms with E-state index in [1.165, 1.54) is 11.3 Å². The van der Waals surface area contributed by atoms with Gasteiger partial charge >= 0.3 is 0 Å². The Kier molecular flexibility index (Phi) is 2.65. The maximum absolute atomic E-state index is 11.6. The first-order chi connectivity index (χ1) is 7.15. The molecule has 1 aliphatic rings. The molecule has 2 heterocycles. The standard InChI is InChI=1S/C8H10N4O2S/c1-4-3-15-8(9-4)10-7(14)5-2-6(13)12-11-5/h3,5,11H,2H2,1H3,(H,12,13)(H,9,10,14). The summed E-state index contributed by atoms with van der Waals surface area (Å²) < 4.78 is 0. The van der Waals surface area contributed by atoms with Gasteiger partial charge in [0.05, 0.1) is 12.1 Å². The fourth-order valence-electron chi connectivity index (χ4n) is 1.22. The lowest BCUT2D eigenvalue weighted by atomic mass is 10.2. The van der Waals surface area contributed by atoms with Crippen LogP contribution in [0.25, 0.3) is 0 Å². The first-order valence-electron chi connectivity index (χ1n) is 4.42. The van der Waals surface area contributed by atoms with Crippen molar-refractivity contribution >= 4 is 28.3 Å². The zero-order valence-corrected chi connectivity index (χ0v) is 8.85. The highest BCUT2D eigenvalue weighted by Crippen LogP contribution is 2.15. The Hall–Kier alpha value is -1.47. The van der Waals surface area contributed by atoms with Gasteiger partial charge in [-0.3, -0.25) is 15.0 Å². The van der Waals surface area contributed by atoms with E-state index in [4.69, 9.17) is 0 Å². The molecule has 0 aliphatic carbocycles. The maximum Gasteiger partial charge on any atom is 0.245 e. The summed E-state index contributed by atoms with van der Waals surface area (Å²) in [5, 5.41) is 5.04. The number of aryl methyl sites for hydroxylation is 1. The number of nitrogens with zero attached hydrogens (tertiary/aromatic N) is 1. The molecule has 1 atom stereocenters. The van der Waals surface area contributed by atoms with Gasteiger partial charge in [-0.25, -0.2) is 10.4 Å². The minimum atomic E-state index is -0.512. The Morgan fingerprint density at radius 2 is 2.53 bits per heavy atom. The van der Waals surface area contributed by atoms with Gasteiger partial charge in [0.15, 0.2) is 5.13 Å². The molecule has 1 aliphatic heterocycles. The van der Waals surface area contributed by atoms with Crippen LogP contribution in [0.4, 0.5) is 5.13 Å². The summed E-state index contributed by atoms with van der Waals surface area (Å²) in [6, 6.07) is -0.512. The zero-order chi connectivity index (χ0) is 10.8. The summed E-state index contributed by atoms with van der Waals surface area (Å²) in [6.45, 7) is 1.85. The minimum absolute atomic E-state index is 0.163. The van der Waals surface area contributed by atoms with E-state index in [2.05, 4.69) is 21.2 Å². The first kappa shape index (κ1) is 10.1. The van der Waals surface area contributed by atoms with Crippen molar-refractivity contribution in [1.29, 1.82) is 0 Å². The number of carbonyl (C=O) groups is 2. The van der Waals surface area contributed by atoms with Crippen LogP contribution in [0.15, 0.2) is 5.38 Å². The number of hydrogen-bond acceptors (Lipinski definition) is 5. The summed E-state index contributed by atoms with van der Waals surface area (Å²) in [7, 11) is 0. The van der Waals surface area contributed by atoms with Gasteiger partial charge in [-0.15, -0.1) is 11.3 Å². The van der Waals surface area contributed by atoms with Crippen molar-refractivity contribution in [3.8, 4) is 0 Å². The predicted molar refractivity (Wildman–Crippen MR) is 55.2 cm³/mol. The lowest BCUT2D eigenvalue weighted by molar-refractivity contribution is -0.121. The van der Waals surface area contributed by atoms with Crippen LogP contribution >= 0.6 is 11.3 Å². The Bertz CT molecular complexity index is 403. The van der Waals surface area contributed by atoms with E-state index in [1.54, 1.807) is 0 Å². The third kappa shape index (κ3) is 2.31. The molecule has 3 N–H and O–H groups in total. The largest absolute Gasteiger partial charge is 0.301 e. The van der Waals surface area contributed by atoms with Crippen molar-refractivity contribution < 1.29 is 9.59 Å². The SMILES string of the molecule is Cc1csc(NC(=O)C2CC(=O)NN2)n1. The second kappa shape index (κ2) is 3.95. The van der Waals surface area contributed by atoms with Gasteiger partial charge in [0, 0.05) is 5.38 Å². The van der Waals surface area contributed by atoms with Crippen LogP contribution in [0.3, 0.4) is 0 Å². The fraction of sp³-hybridized carbons (Fsp3) is 0.375. The average molecular weight is 226 g/mol. The summed E-state index contributed by atoms with van der Waals surface area (Å²) in [5.41, 5.74) is 5.84. The summed E-state index contributed by atoms with van der Waals surface area (Å²) >= 11 is 1.36. The number of thiazole rings is 1. The van der Waals surface area contributed by atoms with Gasteiger partial charge in [-0.2, -0.15) is 0 Å². The molecule has 0 bridgehead atoms. The molecule has 1 fully saturated rings. The number of hydrogen-bond donors (Lipinski definition) is 3. The van der Waals surface area contributed by atoms with Crippen molar-refractivity contribution in [2.45, 2.75) is 19.4 Å². The van der Waals surface area contributed by atoms with E-state index in [0.29, 0.717) is 5.13 Å². The lowest BCUT2D eigenvalue weighted by Gasteiger charge is -2.06. The molecule has 1 saturated heterocycles. The number of aromatic nitrogens is 1. The van der Waals surface area contributed by atoms with E-state index >= 15 is 0 Å². The van der Waals surface area contributed by atoms with Gasteiger partial charge in [0.1, 0.15) is 6.04 Å². The third-order valence-electron chi connectivity index (χ3n) is 1.94. The van der Waals surface area contributed by atoms with Crippen molar-refractivity contribution in [1.82, 2.24) is 15.8 Å². The van der Waals surface area contributed by atoms with Crippen LogP contribution < -0.4 is 16.2 Å². The molecule has 2 rings (SSSR count). The summed E-state index contributed by atoms with van der Waals surface area (Å²) in [6.07, 6.45) is 0.163. The molecule has 0 saturated carbocycles. The molecule has 6 nitrogen and oxygen atoms in total. The van der Waals surface area contributed by atoms with E-state index in [1.807, 2.05) is 12.3 Å². The van der Waals surface area contributed by atoms with E-state index < -0.39 is 6.04 Å². The van der Waals surface area contributed by atoms with Gasteiger partial charge in [-0.05, 0) is 6.92 Å². The van der Waals surface area contributed by atoms with Crippen molar-refractivity contribution in [3.63, 3.8) is 0 Å². The second-order valence-corrected chi connectivity index (χ2v) is 4.09. The Balaban J connectivity index is 1.95. The first-order valence-corrected chi connectivity index (χ1v) is 5.30. The van der Waals surface area contributed by atoms with Crippen molar-refractivity contribution in [3.05, 3.63) is 11.1 Å². The highest BCUT2D eigenvalue weighted by Gasteiger charge is 2.27. The smallest absolute Gasteiger partial charge is 0.245 e. The van der Waals surface area contributed by atoms with Gasteiger partial charge in [0.25, 0.3) is 0 Å². The average Bonchev–Trinajstić information content (AvgIpc) is 2.75. The molecule has 0 spiro atoms. The monoisotopic (exact) mass is 226 g/mol. The molecule has 7 heteroatoms. The van der Waals surface area contributed by atoms with Gasteiger partial charge in [-0.1, -0.05) is 0 Å². The van der Waals surface area contributed by atoms with Gasteiger partial charge < -0.3 is 5.32 Å². The number of carbonyl (C=O) groups excluding carboxylic acids is 2. The van der Waals surface area contributed by atoms with Crippen LogP contribution in [0.2, 0.25) is 0 Å². The molecule has 1 aromatic heterocycles. The number of nitrogens with one attached hydrogen (secondary N) is 3. The van der Waals surface area contributed by atoms with Crippen LogP contribution in [0.5, 0.6) is 0 Å². The van der Waals surface area contributed by atoms with Crippen LogP contribution in [0.1, 0.15) is 12.1 Å². The predicted octanol–water partition coefficient (Wildman–Crippen LogP) is -0.217. The number of amides is 2. The van der Waals surface area contributed by atoms with Crippen molar-refractivity contribution in [2.24, 2.45) is 0 Å². The van der Waals surface area contributed by atoms with Crippen molar-refractivity contribution in [2.75, 3.05) is 5.32 Å². The normalized spacial score (nSPS) is 20.1. The molecular formula is C8H10N4O2S. The lowest BCUT2D eigenvalue weighted by Crippen LogP contribution is -2.39. The number of hydrazine groups is 1. The van der Waals surface area contributed by atoms with Gasteiger partial charge in [0.2, 0.25) is 11.8 Å². The Morgan fingerprint density at radius 1 is 1.73 bits per heavy atom. The molecule has 1 aromatic rings. The van der Waals surface area contributed by atoms with Crippen LogP contribution in [0, 0.1) is 6.92 Å². The van der Waals surface area contributed by atoms with E-state index in [9.17, 15) is 9.59 Å². The highest BCUT2D eigenvalue weighted by atomic mass is 32.1. The molecule has 80 valence electrons. The second-order valence-electron chi connectivity index (χ2n) is 3.23. The number of anilines is 1. The highest BCUT2D eigenvalue weighted by molar-refractivity contribution is 7.13. The molecule has 1 unspecified atom stereocenters. The van der Waals surface area contributed by atoms with Crippen LogP contribution in [-0.4, -0.2) is 22.8 Å². The fourth-order valence-corrected chi connectivity index (χ4v) is 1.91. The third-order valence-corrected chi connectivity index (χ3v) is 2.82. The molecule has 0 radical (unpaired) electrons. The Morgan fingerprint density at radius 3 is 3.07 bits per heavy atom. The number of rotatable bonds is 2. The zero-order valence-electron chi connectivity index (χ0n) is 8.03. The summed E-state index contributed by atoms with van der Waals surface area (Å²) in [4.78, 5) is 26.5.